The standard InChI is InChI=1S/C12H19NO2S/c1-2-3-4-5-8-15-12(14)11(13)10-7-6-9-16-10/h6-7,9,11H,2-5,8,13H2,1H3. The maximum Gasteiger partial charge on any atom is 0.328 e. The minimum Gasteiger partial charge on any atom is -0.464 e. The Morgan fingerprint density at radius 2 is 2.31 bits per heavy atom. The van der Waals surface area contributed by atoms with Crippen molar-refractivity contribution in [2.75, 3.05) is 6.61 Å². The number of ether oxygens (including phenoxy) is 1. The van der Waals surface area contributed by atoms with E-state index in [2.05, 4.69) is 6.92 Å². The Morgan fingerprint density at radius 3 is 2.94 bits per heavy atom. The zero-order chi connectivity index (χ0) is 11.8. The van der Waals surface area contributed by atoms with Crippen molar-refractivity contribution in [1.29, 1.82) is 0 Å². The number of unbranched alkanes of at least 4 members (excludes halogenated alkanes) is 3. The smallest absolute Gasteiger partial charge is 0.328 e. The molecule has 0 saturated heterocycles. The molecule has 1 aromatic heterocycles. The highest BCUT2D eigenvalue weighted by Crippen LogP contribution is 2.17. The minimum absolute atomic E-state index is 0.320. The molecule has 0 aliphatic rings. The zero-order valence-corrected chi connectivity index (χ0v) is 10.5. The highest BCUT2D eigenvalue weighted by atomic mass is 32.1. The van der Waals surface area contributed by atoms with Gasteiger partial charge in [0.2, 0.25) is 0 Å². The van der Waals surface area contributed by atoms with E-state index in [1.54, 1.807) is 0 Å². The molecule has 1 unspecified atom stereocenters. The van der Waals surface area contributed by atoms with Crippen molar-refractivity contribution in [3.63, 3.8) is 0 Å². The molecule has 0 saturated carbocycles. The van der Waals surface area contributed by atoms with Gasteiger partial charge in [-0.3, -0.25) is 0 Å². The molecule has 0 amide bonds. The van der Waals surface area contributed by atoms with Gasteiger partial charge in [-0.1, -0.05) is 32.3 Å². The fourth-order valence-corrected chi connectivity index (χ4v) is 2.09. The number of esters is 1. The molecular weight excluding hydrogens is 222 g/mol. The number of hydrogen-bond donors (Lipinski definition) is 1. The Balaban J connectivity index is 2.20. The molecule has 1 aromatic rings. The van der Waals surface area contributed by atoms with Gasteiger partial charge in [0.25, 0.3) is 0 Å². The van der Waals surface area contributed by atoms with E-state index in [9.17, 15) is 4.79 Å². The average molecular weight is 241 g/mol. The second-order valence-electron chi connectivity index (χ2n) is 3.72. The fourth-order valence-electron chi connectivity index (χ4n) is 1.38. The number of carbonyl (C=O) groups is 1. The normalized spacial score (nSPS) is 12.4. The molecule has 0 radical (unpaired) electrons. The van der Waals surface area contributed by atoms with Gasteiger partial charge in [-0.25, -0.2) is 4.79 Å². The van der Waals surface area contributed by atoms with E-state index < -0.39 is 6.04 Å². The number of carbonyl (C=O) groups excluding carboxylic acids is 1. The maximum atomic E-state index is 11.5. The van der Waals surface area contributed by atoms with Crippen molar-refractivity contribution < 1.29 is 9.53 Å². The van der Waals surface area contributed by atoms with Crippen molar-refractivity contribution in [2.24, 2.45) is 5.73 Å². The second-order valence-corrected chi connectivity index (χ2v) is 4.70. The average Bonchev–Trinajstić information content (AvgIpc) is 2.81. The monoisotopic (exact) mass is 241 g/mol. The van der Waals surface area contributed by atoms with Gasteiger partial charge in [0.1, 0.15) is 6.04 Å². The lowest BCUT2D eigenvalue weighted by atomic mass is 10.2. The quantitative estimate of drug-likeness (QED) is 0.590. The lowest BCUT2D eigenvalue weighted by molar-refractivity contribution is -0.145. The van der Waals surface area contributed by atoms with Crippen LogP contribution in [0.4, 0.5) is 0 Å². The van der Waals surface area contributed by atoms with Crippen LogP contribution in [0.25, 0.3) is 0 Å². The van der Waals surface area contributed by atoms with Crippen molar-refractivity contribution in [3.8, 4) is 0 Å². The van der Waals surface area contributed by atoms with E-state index in [0.717, 1.165) is 17.7 Å². The number of nitrogens with two attached hydrogens (primary N) is 1. The third-order valence-corrected chi connectivity index (χ3v) is 3.30. The molecule has 1 heterocycles. The minimum atomic E-state index is -0.619. The summed E-state index contributed by atoms with van der Waals surface area (Å²) < 4.78 is 5.12. The number of hydrogen-bond acceptors (Lipinski definition) is 4. The van der Waals surface area contributed by atoms with Crippen LogP contribution in [-0.4, -0.2) is 12.6 Å². The molecule has 3 nitrogen and oxygen atoms in total. The van der Waals surface area contributed by atoms with Crippen molar-refractivity contribution in [2.45, 2.75) is 38.6 Å². The summed E-state index contributed by atoms with van der Waals surface area (Å²) in [5, 5.41) is 1.91. The van der Waals surface area contributed by atoms with Crippen molar-refractivity contribution in [3.05, 3.63) is 22.4 Å². The topological polar surface area (TPSA) is 52.3 Å². The van der Waals surface area contributed by atoms with Gasteiger partial charge in [-0.05, 0) is 17.9 Å². The first-order valence-electron chi connectivity index (χ1n) is 5.71. The van der Waals surface area contributed by atoms with Crippen LogP contribution in [0.2, 0.25) is 0 Å². The predicted molar refractivity (Wildman–Crippen MR) is 66.3 cm³/mol. The molecule has 0 spiro atoms. The van der Waals surface area contributed by atoms with Crippen LogP contribution in [0, 0.1) is 0 Å². The Morgan fingerprint density at radius 1 is 1.50 bits per heavy atom. The van der Waals surface area contributed by atoms with Crippen LogP contribution in [0.5, 0.6) is 0 Å². The maximum absolute atomic E-state index is 11.5. The summed E-state index contributed by atoms with van der Waals surface area (Å²) in [5.41, 5.74) is 5.76. The lowest BCUT2D eigenvalue weighted by Gasteiger charge is -2.09. The van der Waals surface area contributed by atoms with Crippen LogP contribution in [0.15, 0.2) is 17.5 Å². The van der Waals surface area contributed by atoms with E-state index in [1.807, 2.05) is 17.5 Å². The van der Waals surface area contributed by atoms with E-state index in [4.69, 9.17) is 10.5 Å². The molecule has 16 heavy (non-hydrogen) atoms. The summed E-state index contributed by atoms with van der Waals surface area (Å²) in [4.78, 5) is 12.4. The van der Waals surface area contributed by atoms with E-state index in [-0.39, 0.29) is 5.97 Å². The third-order valence-electron chi connectivity index (χ3n) is 2.35. The van der Waals surface area contributed by atoms with Crippen molar-refractivity contribution in [1.82, 2.24) is 0 Å². The van der Waals surface area contributed by atoms with Crippen LogP contribution in [-0.2, 0) is 9.53 Å². The Bertz CT molecular complexity index is 298. The summed E-state index contributed by atoms with van der Waals surface area (Å²) >= 11 is 1.48. The first kappa shape index (κ1) is 13.2. The van der Waals surface area contributed by atoms with Crippen LogP contribution in [0.1, 0.15) is 43.5 Å². The molecule has 0 fully saturated rings. The Hall–Kier alpha value is -0.870. The van der Waals surface area contributed by atoms with Gasteiger partial charge in [-0.15, -0.1) is 11.3 Å². The first-order valence-corrected chi connectivity index (χ1v) is 6.59. The second kappa shape index (κ2) is 7.41. The molecule has 1 rings (SSSR count). The van der Waals surface area contributed by atoms with Crippen molar-refractivity contribution >= 4 is 17.3 Å². The fraction of sp³-hybridized carbons (Fsp3) is 0.583. The van der Waals surface area contributed by atoms with Gasteiger partial charge in [-0.2, -0.15) is 0 Å². The summed E-state index contributed by atoms with van der Waals surface area (Å²) in [7, 11) is 0. The molecule has 0 bridgehead atoms. The predicted octanol–water partition coefficient (Wildman–Crippen LogP) is 2.87. The third kappa shape index (κ3) is 4.33. The van der Waals surface area contributed by atoms with E-state index in [0.29, 0.717) is 6.61 Å². The number of thiophene rings is 1. The van der Waals surface area contributed by atoms with Crippen LogP contribution < -0.4 is 5.73 Å². The number of rotatable bonds is 7. The summed E-state index contributed by atoms with van der Waals surface area (Å²) in [6.45, 7) is 2.64. The molecule has 0 aliphatic carbocycles. The molecule has 0 aromatic carbocycles. The summed E-state index contributed by atoms with van der Waals surface area (Å²) in [6, 6.07) is 3.12. The highest BCUT2D eigenvalue weighted by molar-refractivity contribution is 7.10. The molecule has 90 valence electrons. The summed E-state index contributed by atoms with van der Waals surface area (Å²) in [6.07, 6.45) is 4.41. The molecule has 1 atom stereocenters. The molecule has 2 N–H and O–H groups in total. The molecule has 0 aliphatic heterocycles. The first-order chi connectivity index (χ1) is 7.75. The lowest BCUT2D eigenvalue weighted by Crippen LogP contribution is -2.23. The van der Waals surface area contributed by atoms with Gasteiger partial charge >= 0.3 is 5.97 Å². The molecular formula is C12H19NO2S. The largest absolute Gasteiger partial charge is 0.464 e. The van der Waals surface area contributed by atoms with Gasteiger partial charge in [0.15, 0.2) is 0 Å². The van der Waals surface area contributed by atoms with E-state index >= 15 is 0 Å². The highest BCUT2D eigenvalue weighted by Gasteiger charge is 2.17. The SMILES string of the molecule is CCCCCCOC(=O)C(N)c1cccs1. The Kier molecular flexibility index (Phi) is 6.11. The zero-order valence-electron chi connectivity index (χ0n) is 9.65. The van der Waals surface area contributed by atoms with Crippen LogP contribution in [0.3, 0.4) is 0 Å². The summed E-state index contributed by atoms with van der Waals surface area (Å²) in [5.74, 6) is -0.320. The van der Waals surface area contributed by atoms with Crippen LogP contribution >= 0.6 is 11.3 Å². The molecule has 4 heteroatoms. The van der Waals surface area contributed by atoms with Gasteiger partial charge in [0, 0.05) is 4.88 Å². The Labute approximate surface area is 101 Å². The van der Waals surface area contributed by atoms with Gasteiger partial charge in [0.05, 0.1) is 6.61 Å². The van der Waals surface area contributed by atoms with E-state index in [1.165, 1.54) is 24.2 Å². The van der Waals surface area contributed by atoms with Gasteiger partial charge < -0.3 is 10.5 Å².